The molecule has 142 valence electrons. The maximum Gasteiger partial charge on any atom is 0.261 e. The van der Waals surface area contributed by atoms with Crippen molar-refractivity contribution in [3.63, 3.8) is 0 Å². The summed E-state index contributed by atoms with van der Waals surface area (Å²) in [4.78, 5) is 30.7. The molecule has 0 saturated carbocycles. The van der Waals surface area contributed by atoms with Crippen LogP contribution in [-0.4, -0.2) is 15.5 Å². The number of nitriles is 1. The Kier molecular flexibility index (Phi) is 5.29. The Morgan fingerprint density at radius 1 is 1.32 bits per heavy atom. The van der Waals surface area contributed by atoms with Crippen LogP contribution in [0.4, 0.5) is 5.00 Å². The first-order valence-corrected chi connectivity index (χ1v) is 10.7. The molecule has 0 fully saturated rings. The molecule has 0 aliphatic heterocycles. The van der Waals surface area contributed by atoms with Gasteiger partial charge in [-0.3, -0.25) is 14.2 Å². The van der Waals surface area contributed by atoms with Crippen LogP contribution in [0.15, 0.2) is 33.8 Å². The zero-order valence-electron chi connectivity index (χ0n) is 15.0. The molecule has 1 N–H and O–H groups in total. The molecular formula is C20H17BrN4O2S. The number of aromatic nitrogens is 2. The van der Waals surface area contributed by atoms with Crippen molar-refractivity contribution in [2.24, 2.45) is 0 Å². The molecule has 28 heavy (non-hydrogen) atoms. The minimum Gasteiger partial charge on any atom is -0.315 e. The zero-order chi connectivity index (χ0) is 19.7. The summed E-state index contributed by atoms with van der Waals surface area (Å²) in [6.45, 7) is -0.151. The van der Waals surface area contributed by atoms with Gasteiger partial charge in [0.1, 0.15) is 17.6 Å². The number of halogens is 1. The van der Waals surface area contributed by atoms with Gasteiger partial charge in [0.25, 0.3) is 5.56 Å². The lowest BCUT2D eigenvalue weighted by molar-refractivity contribution is -0.116. The normalized spacial score (nSPS) is 13.6. The number of hydrogen-bond acceptors (Lipinski definition) is 5. The monoisotopic (exact) mass is 456 g/mol. The SMILES string of the molecule is N#Cc1c(NC(=O)Cn2cnc3ccc(Br)cc3c2=O)sc2c1CCCCC2. The smallest absolute Gasteiger partial charge is 0.261 e. The summed E-state index contributed by atoms with van der Waals surface area (Å²) in [7, 11) is 0. The number of thiophene rings is 1. The molecule has 1 aliphatic rings. The van der Waals surface area contributed by atoms with E-state index in [0.29, 0.717) is 21.5 Å². The Labute approximate surface area is 174 Å². The molecule has 0 atom stereocenters. The van der Waals surface area contributed by atoms with Crippen molar-refractivity contribution in [2.45, 2.75) is 38.6 Å². The first-order valence-electron chi connectivity index (χ1n) is 9.06. The molecule has 8 heteroatoms. The number of fused-ring (bicyclic) bond motifs is 2. The number of benzene rings is 1. The molecule has 0 unspecified atom stereocenters. The lowest BCUT2D eigenvalue weighted by Crippen LogP contribution is -2.27. The van der Waals surface area contributed by atoms with Crippen molar-refractivity contribution in [1.82, 2.24) is 9.55 Å². The molecule has 1 aliphatic carbocycles. The Bertz CT molecular complexity index is 1180. The molecule has 3 aromatic rings. The second-order valence-electron chi connectivity index (χ2n) is 6.77. The Hall–Kier alpha value is -2.50. The highest BCUT2D eigenvalue weighted by Crippen LogP contribution is 2.36. The minimum absolute atomic E-state index is 0.151. The van der Waals surface area contributed by atoms with Gasteiger partial charge in [0.2, 0.25) is 5.91 Å². The van der Waals surface area contributed by atoms with E-state index in [2.05, 4.69) is 32.3 Å². The van der Waals surface area contributed by atoms with Crippen LogP contribution >= 0.6 is 27.3 Å². The fourth-order valence-electron chi connectivity index (χ4n) is 3.51. The summed E-state index contributed by atoms with van der Waals surface area (Å²) in [5.74, 6) is -0.342. The van der Waals surface area contributed by atoms with E-state index in [-0.39, 0.29) is 18.0 Å². The second-order valence-corrected chi connectivity index (χ2v) is 8.79. The van der Waals surface area contributed by atoms with Gasteiger partial charge in [-0.05, 0) is 49.4 Å². The fourth-order valence-corrected chi connectivity index (χ4v) is 5.13. The average molecular weight is 457 g/mol. The van der Waals surface area contributed by atoms with Crippen LogP contribution in [-0.2, 0) is 24.2 Å². The Morgan fingerprint density at radius 3 is 2.96 bits per heavy atom. The standard InChI is InChI=1S/C20H17BrN4O2S/c21-12-6-7-16-14(8-12)20(27)25(11-23-16)10-18(26)24-19-15(9-22)13-4-2-1-3-5-17(13)28-19/h6-8,11H,1-5,10H2,(H,24,26). The number of carbonyl (C=O) groups is 1. The summed E-state index contributed by atoms with van der Waals surface area (Å²) < 4.78 is 2.06. The van der Waals surface area contributed by atoms with Gasteiger partial charge in [-0.25, -0.2) is 4.98 Å². The Balaban J connectivity index is 1.59. The molecule has 0 spiro atoms. The number of amides is 1. The van der Waals surface area contributed by atoms with Gasteiger partial charge in [-0.15, -0.1) is 11.3 Å². The van der Waals surface area contributed by atoms with Gasteiger partial charge in [-0.1, -0.05) is 22.4 Å². The van der Waals surface area contributed by atoms with Crippen LogP contribution in [0, 0.1) is 11.3 Å². The molecule has 0 saturated heterocycles. The first kappa shape index (κ1) is 18.8. The van der Waals surface area contributed by atoms with Gasteiger partial charge in [0.15, 0.2) is 0 Å². The van der Waals surface area contributed by atoms with Crippen LogP contribution < -0.4 is 10.9 Å². The number of nitrogens with zero attached hydrogens (tertiary/aromatic N) is 3. The molecule has 2 heterocycles. The second kappa shape index (κ2) is 7.86. The van der Waals surface area contributed by atoms with Crippen molar-refractivity contribution in [1.29, 1.82) is 5.26 Å². The van der Waals surface area contributed by atoms with E-state index < -0.39 is 0 Å². The van der Waals surface area contributed by atoms with E-state index in [4.69, 9.17) is 0 Å². The van der Waals surface area contributed by atoms with E-state index in [0.717, 1.165) is 35.7 Å². The van der Waals surface area contributed by atoms with E-state index in [1.54, 1.807) is 12.1 Å². The van der Waals surface area contributed by atoms with E-state index in [1.165, 1.54) is 33.5 Å². The largest absolute Gasteiger partial charge is 0.315 e. The van der Waals surface area contributed by atoms with Gasteiger partial charge in [0.05, 0.1) is 22.8 Å². The van der Waals surface area contributed by atoms with Crippen LogP contribution in [0.25, 0.3) is 10.9 Å². The fraction of sp³-hybridized carbons (Fsp3) is 0.300. The van der Waals surface area contributed by atoms with Gasteiger partial charge in [-0.2, -0.15) is 5.26 Å². The van der Waals surface area contributed by atoms with Gasteiger partial charge in [0, 0.05) is 9.35 Å². The van der Waals surface area contributed by atoms with Gasteiger partial charge >= 0.3 is 0 Å². The number of rotatable bonds is 3. The lowest BCUT2D eigenvalue weighted by Gasteiger charge is -2.07. The number of hydrogen-bond donors (Lipinski definition) is 1. The van der Waals surface area contributed by atoms with Crippen molar-refractivity contribution in [3.8, 4) is 6.07 Å². The lowest BCUT2D eigenvalue weighted by atomic mass is 10.1. The number of aryl methyl sites for hydroxylation is 1. The predicted octanol–water partition coefficient (Wildman–Crippen LogP) is 4.00. The summed E-state index contributed by atoms with van der Waals surface area (Å²) in [5, 5.41) is 13.5. The summed E-state index contributed by atoms with van der Waals surface area (Å²) in [6.07, 6.45) is 6.56. The molecule has 0 radical (unpaired) electrons. The van der Waals surface area contributed by atoms with Crippen LogP contribution in [0.1, 0.15) is 35.3 Å². The molecule has 4 rings (SSSR count). The third-order valence-corrected chi connectivity index (χ3v) is 6.59. The summed E-state index contributed by atoms with van der Waals surface area (Å²) >= 11 is 4.83. The molecule has 1 aromatic carbocycles. The van der Waals surface area contributed by atoms with Crippen LogP contribution in [0.3, 0.4) is 0 Å². The third-order valence-electron chi connectivity index (χ3n) is 4.89. The Morgan fingerprint density at radius 2 is 2.14 bits per heavy atom. The topological polar surface area (TPSA) is 87.8 Å². The number of nitrogens with one attached hydrogen (secondary N) is 1. The molecule has 0 bridgehead atoms. The maximum atomic E-state index is 12.7. The van der Waals surface area contributed by atoms with Crippen molar-refractivity contribution in [2.75, 3.05) is 5.32 Å². The average Bonchev–Trinajstić information content (AvgIpc) is 2.84. The molecule has 2 aromatic heterocycles. The zero-order valence-corrected chi connectivity index (χ0v) is 17.4. The minimum atomic E-state index is -0.342. The maximum absolute atomic E-state index is 12.7. The number of anilines is 1. The van der Waals surface area contributed by atoms with Crippen LogP contribution in [0.2, 0.25) is 0 Å². The van der Waals surface area contributed by atoms with Crippen molar-refractivity contribution in [3.05, 3.63) is 55.4 Å². The first-order chi connectivity index (χ1) is 13.6. The van der Waals surface area contributed by atoms with E-state index in [9.17, 15) is 14.9 Å². The number of carbonyl (C=O) groups excluding carboxylic acids is 1. The van der Waals surface area contributed by atoms with Crippen molar-refractivity contribution < 1.29 is 4.79 Å². The molecular weight excluding hydrogens is 440 g/mol. The quantitative estimate of drug-likeness (QED) is 0.603. The summed E-state index contributed by atoms with van der Waals surface area (Å²) in [5.41, 5.74) is 1.96. The van der Waals surface area contributed by atoms with Crippen LogP contribution in [0.5, 0.6) is 0 Å². The van der Waals surface area contributed by atoms with Crippen molar-refractivity contribution >= 4 is 49.1 Å². The third kappa shape index (κ3) is 3.60. The highest BCUT2D eigenvalue weighted by atomic mass is 79.9. The highest BCUT2D eigenvalue weighted by Gasteiger charge is 2.21. The van der Waals surface area contributed by atoms with E-state index >= 15 is 0 Å². The predicted molar refractivity (Wildman–Crippen MR) is 113 cm³/mol. The molecule has 6 nitrogen and oxygen atoms in total. The van der Waals surface area contributed by atoms with Gasteiger partial charge < -0.3 is 5.32 Å². The summed E-state index contributed by atoms with van der Waals surface area (Å²) in [6, 6.07) is 7.52. The van der Waals surface area contributed by atoms with E-state index in [1.807, 2.05) is 6.07 Å². The highest BCUT2D eigenvalue weighted by molar-refractivity contribution is 9.10. The molecule has 1 amide bonds.